The third-order valence-electron chi connectivity index (χ3n) is 2.26. The summed E-state index contributed by atoms with van der Waals surface area (Å²) in [5.41, 5.74) is -0.664. The van der Waals surface area contributed by atoms with Gasteiger partial charge >= 0.3 is 13.3 Å². The summed E-state index contributed by atoms with van der Waals surface area (Å²) in [6, 6.07) is -0.279. The van der Waals surface area contributed by atoms with Crippen LogP contribution in [0.5, 0.6) is 5.88 Å². The van der Waals surface area contributed by atoms with Crippen LogP contribution in [0.4, 0.5) is 0 Å². The Hall–Kier alpha value is -1.04. The van der Waals surface area contributed by atoms with Crippen molar-refractivity contribution in [2.75, 3.05) is 13.2 Å². The van der Waals surface area contributed by atoms with Crippen molar-refractivity contribution in [2.24, 2.45) is 0 Å². The van der Waals surface area contributed by atoms with E-state index < -0.39 is 19.2 Å². The number of aromatic amines is 1. The van der Waals surface area contributed by atoms with Gasteiger partial charge in [-0.3, -0.25) is 14.1 Å². The van der Waals surface area contributed by atoms with E-state index in [0.29, 0.717) is 0 Å². The molecule has 0 fully saturated rings. The molecule has 1 heterocycles. The number of H-pyrrole nitrogens is 1. The number of hydrogen-bond acceptors (Lipinski definition) is 5. The average Bonchev–Trinajstić information content (AvgIpc) is 2.54. The maximum Gasteiger partial charge on any atom is 0.383 e. The van der Waals surface area contributed by atoms with Crippen LogP contribution in [0, 0.1) is 0 Å². The molecule has 0 aliphatic carbocycles. The average molecular weight is 278 g/mol. The van der Waals surface area contributed by atoms with Crippen LogP contribution in [-0.2, 0) is 13.6 Å². The fourth-order valence-electron chi connectivity index (χ4n) is 1.67. The Morgan fingerprint density at radius 1 is 1.33 bits per heavy atom. The summed E-state index contributed by atoms with van der Waals surface area (Å²) in [5, 5.41) is 9.74. The largest absolute Gasteiger partial charge is 0.493 e. The Balaban J connectivity index is 3.45. The Bertz CT molecular complexity index is 495. The first-order chi connectivity index (χ1) is 8.37. The summed E-state index contributed by atoms with van der Waals surface area (Å²) in [6.07, 6.45) is 0. The van der Waals surface area contributed by atoms with Crippen LogP contribution in [0.2, 0.25) is 0 Å². The van der Waals surface area contributed by atoms with Gasteiger partial charge in [0.2, 0.25) is 5.88 Å². The Labute approximate surface area is 105 Å². The summed E-state index contributed by atoms with van der Waals surface area (Å²) in [4.78, 5) is 13.9. The molecule has 0 saturated carbocycles. The minimum absolute atomic E-state index is 0.119. The molecule has 0 amide bonds. The van der Waals surface area contributed by atoms with E-state index in [1.807, 2.05) is 0 Å². The minimum atomic E-state index is -3.70. The van der Waals surface area contributed by atoms with Crippen molar-refractivity contribution in [1.82, 2.24) is 9.55 Å². The molecular weight excluding hydrogens is 259 g/mol. The van der Waals surface area contributed by atoms with E-state index >= 15 is 0 Å². The molecule has 0 aliphatic rings. The maximum atomic E-state index is 12.6. The van der Waals surface area contributed by atoms with Crippen molar-refractivity contribution in [2.45, 2.75) is 33.7 Å². The van der Waals surface area contributed by atoms with E-state index in [2.05, 4.69) is 4.98 Å². The van der Waals surface area contributed by atoms with E-state index in [-0.39, 0.29) is 24.7 Å². The molecule has 0 aromatic carbocycles. The van der Waals surface area contributed by atoms with Crippen molar-refractivity contribution >= 4 is 13.0 Å². The summed E-state index contributed by atoms with van der Waals surface area (Å²) in [7, 11) is -3.70. The van der Waals surface area contributed by atoms with Crippen molar-refractivity contribution in [1.29, 1.82) is 0 Å². The van der Waals surface area contributed by atoms with Gasteiger partial charge in [0.25, 0.3) is 0 Å². The second kappa shape index (κ2) is 5.73. The highest BCUT2D eigenvalue weighted by Gasteiger charge is 2.36. The van der Waals surface area contributed by atoms with E-state index in [4.69, 9.17) is 9.05 Å². The zero-order valence-electron chi connectivity index (χ0n) is 11.0. The lowest BCUT2D eigenvalue weighted by Gasteiger charge is -2.19. The molecule has 18 heavy (non-hydrogen) atoms. The second-order valence-electron chi connectivity index (χ2n) is 3.90. The lowest BCUT2D eigenvalue weighted by atomic mass is 10.4. The molecular formula is C10H19N2O5P. The Morgan fingerprint density at radius 2 is 1.83 bits per heavy atom. The van der Waals surface area contributed by atoms with Crippen molar-refractivity contribution < 1.29 is 18.7 Å². The van der Waals surface area contributed by atoms with E-state index in [0.717, 1.165) is 0 Å². The number of rotatable bonds is 6. The fraction of sp³-hybridized carbons (Fsp3) is 0.700. The number of nitrogens with one attached hydrogen (secondary N) is 1. The molecule has 0 bridgehead atoms. The minimum Gasteiger partial charge on any atom is -0.493 e. The van der Waals surface area contributed by atoms with Crippen LogP contribution in [-0.4, -0.2) is 27.9 Å². The van der Waals surface area contributed by atoms with Gasteiger partial charge < -0.3 is 14.2 Å². The summed E-state index contributed by atoms with van der Waals surface area (Å²) < 4.78 is 24.0. The van der Waals surface area contributed by atoms with Crippen molar-refractivity contribution in [3.05, 3.63) is 10.5 Å². The first-order valence-electron chi connectivity index (χ1n) is 5.80. The SMILES string of the molecule is CCOP(=O)(OCC)c1c(O)[nH]c(=O)n1C(C)C. The standard InChI is InChI=1S/C10H19N2O5P/c1-5-16-18(15,17-6-2)9-8(13)11-10(14)12(9)7(3)4/h7,13H,5-6H2,1-4H3,(H,11,14). The van der Waals surface area contributed by atoms with Gasteiger partial charge in [-0.2, -0.15) is 0 Å². The quantitative estimate of drug-likeness (QED) is 0.766. The van der Waals surface area contributed by atoms with Crippen LogP contribution in [0.3, 0.4) is 0 Å². The Kier molecular flexibility index (Phi) is 4.78. The van der Waals surface area contributed by atoms with Gasteiger partial charge in [0, 0.05) is 6.04 Å². The molecule has 104 valence electrons. The zero-order valence-corrected chi connectivity index (χ0v) is 11.9. The molecule has 1 aromatic rings. The molecule has 0 aliphatic heterocycles. The molecule has 0 unspecified atom stereocenters. The molecule has 0 spiro atoms. The molecule has 1 aromatic heterocycles. The highest BCUT2D eigenvalue weighted by molar-refractivity contribution is 7.62. The number of hydrogen-bond donors (Lipinski definition) is 2. The molecule has 0 radical (unpaired) electrons. The summed E-state index contributed by atoms with van der Waals surface area (Å²) in [5.74, 6) is -0.473. The highest BCUT2D eigenvalue weighted by atomic mass is 31.2. The second-order valence-corrected chi connectivity index (χ2v) is 5.83. The molecule has 2 N–H and O–H groups in total. The molecule has 0 atom stereocenters. The maximum absolute atomic E-state index is 12.6. The van der Waals surface area contributed by atoms with Crippen LogP contribution < -0.4 is 11.1 Å². The monoisotopic (exact) mass is 278 g/mol. The molecule has 0 saturated heterocycles. The zero-order chi connectivity index (χ0) is 13.9. The first-order valence-corrected chi connectivity index (χ1v) is 7.34. The lowest BCUT2D eigenvalue weighted by molar-refractivity contribution is 0.227. The number of imidazole rings is 1. The fourth-order valence-corrected chi connectivity index (χ4v) is 3.57. The van der Waals surface area contributed by atoms with Crippen molar-refractivity contribution in [3.8, 4) is 5.88 Å². The molecule has 7 nitrogen and oxygen atoms in total. The topological polar surface area (TPSA) is 93.6 Å². The number of aromatic nitrogens is 2. The van der Waals surface area contributed by atoms with Gasteiger partial charge in [-0.25, -0.2) is 4.79 Å². The highest BCUT2D eigenvalue weighted by Crippen LogP contribution is 2.48. The van der Waals surface area contributed by atoms with Crippen LogP contribution in [0.25, 0.3) is 0 Å². The van der Waals surface area contributed by atoms with Gasteiger partial charge in [0.15, 0.2) is 5.44 Å². The summed E-state index contributed by atoms with van der Waals surface area (Å²) >= 11 is 0. The lowest BCUT2D eigenvalue weighted by Crippen LogP contribution is -2.29. The normalized spacial score (nSPS) is 12.3. The van der Waals surface area contributed by atoms with Gasteiger partial charge in [-0.1, -0.05) is 0 Å². The third kappa shape index (κ3) is 2.68. The van der Waals surface area contributed by atoms with Crippen LogP contribution in [0.15, 0.2) is 4.79 Å². The molecule has 1 rings (SSSR count). The molecule has 8 heteroatoms. The Morgan fingerprint density at radius 3 is 2.22 bits per heavy atom. The van der Waals surface area contributed by atoms with E-state index in [1.54, 1.807) is 27.7 Å². The number of aromatic hydroxyl groups is 1. The summed E-state index contributed by atoms with van der Waals surface area (Å²) in [6.45, 7) is 7.09. The first kappa shape index (κ1) is 15.0. The van der Waals surface area contributed by atoms with E-state index in [9.17, 15) is 14.5 Å². The smallest absolute Gasteiger partial charge is 0.383 e. The van der Waals surface area contributed by atoms with Gasteiger partial charge in [0.1, 0.15) is 0 Å². The van der Waals surface area contributed by atoms with E-state index in [1.165, 1.54) is 4.57 Å². The van der Waals surface area contributed by atoms with Crippen molar-refractivity contribution in [3.63, 3.8) is 0 Å². The third-order valence-corrected chi connectivity index (χ3v) is 4.40. The predicted molar refractivity (Wildman–Crippen MR) is 67.6 cm³/mol. The number of nitrogens with zero attached hydrogens (tertiary/aromatic N) is 1. The van der Waals surface area contributed by atoms with Crippen LogP contribution >= 0.6 is 7.60 Å². The van der Waals surface area contributed by atoms with Gasteiger partial charge in [-0.05, 0) is 27.7 Å². The predicted octanol–water partition coefficient (Wildman–Crippen LogP) is 1.35. The van der Waals surface area contributed by atoms with Crippen LogP contribution in [0.1, 0.15) is 33.7 Å². The van der Waals surface area contributed by atoms with Gasteiger partial charge in [0.05, 0.1) is 13.2 Å². The van der Waals surface area contributed by atoms with Gasteiger partial charge in [-0.15, -0.1) is 0 Å².